The lowest BCUT2D eigenvalue weighted by atomic mass is 9.84. The summed E-state index contributed by atoms with van der Waals surface area (Å²) in [7, 11) is 0. The maximum atomic E-state index is 12.0. The molecule has 1 N–H and O–H groups in total. The first kappa shape index (κ1) is 14.8. The molecule has 1 heterocycles. The Balaban J connectivity index is 2.87. The van der Waals surface area contributed by atoms with Crippen molar-refractivity contribution < 1.29 is 14.7 Å². The third-order valence-electron chi connectivity index (χ3n) is 3.43. The van der Waals surface area contributed by atoms with Crippen LogP contribution < -0.4 is 0 Å². The van der Waals surface area contributed by atoms with Crippen molar-refractivity contribution in [3.8, 4) is 0 Å². The van der Waals surface area contributed by atoms with E-state index in [2.05, 4.69) is 0 Å². The van der Waals surface area contributed by atoms with Crippen LogP contribution in [0.25, 0.3) is 0 Å². The van der Waals surface area contributed by atoms with Crippen LogP contribution in [0.4, 0.5) is 4.79 Å². The van der Waals surface area contributed by atoms with E-state index >= 15 is 0 Å². The van der Waals surface area contributed by atoms with Crippen LogP contribution in [0.2, 0.25) is 0 Å². The molecule has 0 spiro atoms. The highest BCUT2D eigenvalue weighted by Gasteiger charge is 2.39. The maximum absolute atomic E-state index is 12.0. The minimum absolute atomic E-state index is 0.0398. The number of nitrogens with zero attached hydrogens (tertiary/aromatic N) is 2. The van der Waals surface area contributed by atoms with Gasteiger partial charge in [-0.2, -0.15) is 0 Å². The first-order valence-corrected chi connectivity index (χ1v) is 6.43. The van der Waals surface area contributed by atoms with Gasteiger partial charge in [0.1, 0.15) is 0 Å². The largest absolute Gasteiger partial charge is 0.465 e. The number of carboxylic acid groups (broad SMARTS) is 1. The van der Waals surface area contributed by atoms with E-state index in [1.807, 2.05) is 34.6 Å². The van der Waals surface area contributed by atoms with Gasteiger partial charge in [0.05, 0.1) is 6.04 Å². The van der Waals surface area contributed by atoms with Crippen molar-refractivity contribution >= 4 is 12.0 Å². The van der Waals surface area contributed by atoms with Crippen LogP contribution in [0.5, 0.6) is 0 Å². The van der Waals surface area contributed by atoms with Crippen LogP contribution in [0.3, 0.4) is 0 Å². The van der Waals surface area contributed by atoms with E-state index in [1.165, 1.54) is 4.90 Å². The number of piperazine rings is 1. The normalized spacial score (nSPS) is 21.3. The van der Waals surface area contributed by atoms with E-state index in [9.17, 15) is 14.7 Å². The molecule has 1 aliphatic rings. The molecule has 1 aliphatic heterocycles. The lowest BCUT2D eigenvalue weighted by Crippen LogP contribution is -2.60. The van der Waals surface area contributed by atoms with Crippen LogP contribution in [0.1, 0.15) is 34.6 Å². The SMILES string of the molecule is CC(C)C(=O)N1CCN(C(=O)O)C(C(C)(C)C)C1. The van der Waals surface area contributed by atoms with Crippen molar-refractivity contribution in [3.05, 3.63) is 0 Å². The molecule has 5 heteroatoms. The Hall–Kier alpha value is -1.26. The molecule has 0 aromatic rings. The number of hydrogen-bond acceptors (Lipinski definition) is 2. The highest BCUT2D eigenvalue weighted by atomic mass is 16.4. The van der Waals surface area contributed by atoms with Crippen LogP contribution in [-0.2, 0) is 4.79 Å². The number of carbonyl (C=O) groups excluding carboxylic acids is 1. The number of hydrogen-bond donors (Lipinski definition) is 1. The van der Waals surface area contributed by atoms with E-state index in [-0.39, 0.29) is 23.3 Å². The lowest BCUT2D eigenvalue weighted by Gasteiger charge is -2.46. The number of amides is 2. The average molecular weight is 256 g/mol. The Kier molecular flexibility index (Phi) is 4.24. The molecule has 1 atom stereocenters. The number of rotatable bonds is 1. The molecular formula is C13H24N2O3. The minimum atomic E-state index is -0.897. The summed E-state index contributed by atoms with van der Waals surface area (Å²) in [4.78, 5) is 26.5. The second-order valence-electron chi connectivity index (χ2n) is 6.30. The van der Waals surface area contributed by atoms with Gasteiger partial charge in [-0.25, -0.2) is 4.79 Å². The Morgan fingerprint density at radius 1 is 1.22 bits per heavy atom. The maximum Gasteiger partial charge on any atom is 0.407 e. The molecule has 1 rings (SSSR count). The number of carbonyl (C=O) groups is 2. The fraction of sp³-hybridized carbons (Fsp3) is 0.846. The van der Waals surface area contributed by atoms with Crippen molar-refractivity contribution in [1.29, 1.82) is 0 Å². The Bertz CT molecular complexity index is 334. The molecule has 0 aromatic carbocycles. The van der Waals surface area contributed by atoms with E-state index in [0.717, 1.165) is 0 Å². The van der Waals surface area contributed by atoms with Gasteiger partial charge in [-0.1, -0.05) is 34.6 Å². The summed E-state index contributed by atoms with van der Waals surface area (Å²) < 4.78 is 0. The predicted molar refractivity (Wildman–Crippen MR) is 69.4 cm³/mol. The van der Waals surface area contributed by atoms with Gasteiger partial charge < -0.3 is 14.9 Å². The van der Waals surface area contributed by atoms with Gasteiger partial charge in [-0.05, 0) is 5.41 Å². The molecule has 0 aliphatic carbocycles. The zero-order valence-corrected chi connectivity index (χ0v) is 11.9. The predicted octanol–water partition coefficient (Wildman–Crippen LogP) is 1.88. The average Bonchev–Trinajstić information content (AvgIpc) is 2.25. The highest BCUT2D eigenvalue weighted by molar-refractivity contribution is 5.78. The first-order chi connectivity index (χ1) is 8.14. The van der Waals surface area contributed by atoms with Crippen LogP contribution in [0, 0.1) is 11.3 Å². The summed E-state index contributed by atoms with van der Waals surface area (Å²) in [6.45, 7) is 11.2. The lowest BCUT2D eigenvalue weighted by molar-refractivity contribution is -0.138. The smallest absolute Gasteiger partial charge is 0.407 e. The van der Waals surface area contributed by atoms with Gasteiger partial charge in [0.15, 0.2) is 0 Å². The van der Waals surface area contributed by atoms with Crippen molar-refractivity contribution in [2.45, 2.75) is 40.7 Å². The van der Waals surface area contributed by atoms with Gasteiger partial charge in [0.25, 0.3) is 0 Å². The van der Waals surface area contributed by atoms with Gasteiger partial charge in [0.2, 0.25) is 5.91 Å². The van der Waals surface area contributed by atoms with Gasteiger partial charge in [-0.3, -0.25) is 4.79 Å². The fourth-order valence-corrected chi connectivity index (χ4v) is 2.32. The molecule has 0 radical (unpaired) electrons. The molecule has 2 amide bonds. The zero-order chi connectivity index (χ0) is 14.1. The van der Waals surface area contributed by atoms with Crippen molar-refractivity contribution in [1.82, 2.24) is 9.80 Å². The topological polar surface area (TPSA) is 60.9 Å². The molecule has 18 heavy (non-hydrogen) atoms. The van der Waals surface area contributed by atoms with E-state index in [0.29, 0.717) is 19.6 Å². The fourth-order valence-electron chi connectivity index (χ4n) is 2.32. The van der Waals surface area contributed by atoms with Gasteiger partial charge in [0, 0.05) is 25.6 Å². The highest BCUT2D eigenvalue weighted by Crippen LogP contribution is 2.28. The second-order valence-corrected chi connectivity index (χ2v) is 6.30. The van der Waals surface area contributed by atoms with Crippen molar-refractivity contribution in [3.63, 3.8) is 0 Å². The summed E-state index contributed by atoms with van der Waals surface area (Å²) >= 11 is 0. The van der Waals surface area contributed by atoms with Gasteiger partial charge in [-0.15, -0.1) is 0 Å². The molecule has 0 bridgehead atoms. The molecule has 0 aromatic heterocycles. The van der Waals surface area contributed by atoms with E-state index < -0.39 is 6.09 Å². The van der Waals surface area contributed by atoms with E-state index in [4.69, 9.17) is 0 Å². The molecular weight excluding hydrogens is 232 g/mol. The quantitative estimate of drug-likeness (QED) is 0.779. The summed E-state index contributed by atoms with van der Waals surface area (Å²) in [6, 6.07) is -0.147. The molecule has 5 nitrogen and oxygen atoms in total. The Morgan fingerprint density at radius 3 is 2.17 bits per heavy atom. The standard InChI is InChI=1S/C13H24N2O3/c1-9(2)11(16)14-6-7-15(12(17)18)10(8-14)13(3,4)5/h9-10H,6-8H2,1-5H3,(H,17,18). The molecule has 1 unspecified atom stereocenters. The van der Waals surface area contributed by atoms with Crippen molar-refractivity contribution in [2.75, 3.05) is 19.6 Å². The van der Waals surface area contributed by atoms with Crippen molar-refractivity contribution in [2.24, 2.45) is 11.3 Å². The Morgan fingerprint density at radius 2 is 1.78 bits per heavy atom. The van der Waals surface area contributed by atoms with E-state index in [1.54, 1.807) is 4.90 Å². The summed E-state index contributed by atoms with van der Waals surface area (Å²) in [5.41, 5.74) is -0.172. The monoisotopic (exact) mass is 256 g/mol. The molecule has 0 saturated carbocycles. The Labute approximate surface area is 109 Å². The molecule has 104 valence electrons. The zero-order valence-electron chi connectivity index (χ0n) is 11.9. The third-order valence-corrected chi connectivity index (χ3v) is 3.43. The summed E-state index contributed by atoms with van der Waals surface area (Å²) in [5, 5.41) is 9.23. The molecule has 1 fully saturated rings. The first-order valence-electron chi connectivity index (χ1n) is 6.43. The third kappa shape index (κ3) is 3.15. The summed E-state index contributed by atoms with van der Waals surface area (Å²) in [6.07, 6.45) is -0.897. The van der Waals surface area contributed by atoms with Crippen LogP contribution in [0.15, 0.2) is 0 Å². The second kappa shape index (κ2) is 5.16. The minimum Gasteiger partial charge on any atom is -0.465 e. The van der Waals surface area contributed by atoms with Crippen LogP contribution in [-0.4, -0.2) is 52.6 Å². The van der Waals surface area contributed by atoms with Gasteiger partial charge >= 0.3 is 6.09 Å². The molecule has 1 saturated heterocycles. The summed E-state index contributed by atoms with van der Waals surface area (Å²) in [5.74, 6) is 0.0660. The van der Waals surface area contributed by atoms with Crippen LogP contribution >= 0.6 is 0 Å².